The van der Waals surface area contributed by atoms with Gasteiger partial charge in [-0.25, -0.2) is 8.78 Å². The first-order valence-corrected chi connectivity index (χ1v) is 12.4. The van der Waals surface area contributed by atoms with Crippen LogP contribution in [0.25, 0.3) is 21.9 Å². The molecule has 0 amide bonds. The Hall–Kier alpha value is -2.67. The predicted octanol–water partition coefficient (Wildman–Crippen LogP) is 5.56. The first-order chi connectivity index (χ1) is 16.4. The summed E-state index contributed by atoms with van der Waals surface area (Å²) in [6, 6.07) is 8.27. The zero-order valence-corrected chi connectivity index (χ0v) is 19.8. The number of halogens is 2. The summed E-state index contributed by atoms with van der Waals surface area (Å²) >= 11 is 0. The van der Waals surface area contributed by atoms with E-state index in [-0.39, 0.29) is 43.8 Å². The second-order valence-electron chi connectivity index (χ2n) is 9.98. The van der Waals surface area contributed by atoms with Crippen molar-refractivity contribution in [3.63, 3.8) is 0 Å². The van der Waals surface area contributed by atoms with Crippen LogP contribution in [0.2, 0.25) is 0 Å². The lowest BCUT2D eigenvalue weighted by atomic mass is 9.83. The van der Waals surface area contributed by atoms with Crippen LogP contribution in [0.3, 0.4) is 0 Å². The Balaban J connectivity index is 1.35. The maximum absolute atomic E-state index is 13.4. The zero-order chi connectivity index (χ0) is 23.7. The fourth-order valence-corrected chi connectivity index (χ4v) is 5.36. The van der Waals surface area contributed by atoms with Gasteiger partial charge in [0.2, 0.25) is 5.92 Å². The highest BCUT2D eigenvalue weighted by Gasteiger charge is 2.37. The summed E-state index contributed by atoms with van der Waals surface area (Å²) < 4.78 is 28.9. The molecule has 2 aromatic heterocycles. The van der Waals surface area contributed by atoms with Crippen molar-refractivity contribution in [2.75, 3.05) is 13.1 Å². The molecule has 34 heavy (non-hydrogen) atoms. The van der Waals surface area contributed by atoms with E-state index in [0.29, 0.717) is 5.69 Å². The number of hydrogen-bond donors (Lipinski definition) is 0. The molecule has 0 spiro atoms. The molecule has 3 aromatic rings. The first-order valence-electron chi connectivity index (χ1n) is 12.4. The summed E-state index contributed by atoms with van der Waals surface area (Å²) in [4.78, 5) is 19.7. The topological polar surface area (TPSA) is 51.0 Å². The van der Waals surface area contributed by atoms with Crippen molar-refractivity contribution in [3.8, 4) is 11.1 Å². The van der Waals surface area contributed by atoms with Crippen LogP contribution in [0, 0.1) is 5.92 Å². The van der Waals surface area contributed by atoms with E-state index < -0.39 is 5.92 Å². The van der Waals surface area contributed by atoms with Gasteiger partial charge in [0.15, 0.2) is 0 Å². The maximum Gasteiger partial charge on any atom is 0.248 e. The van der Waals surface area contributed by atoms with Crippen molar-refractivity contribution in [3.05, 3.63) is 48.0 Å². The molecule has 1 saturated carbocycles. The molecular weight excluding hydrogens is 434 g/mol. The third-order valence-corrected chi connectivity index (χ3v) is 7.50. The highest BCUT2D eigenvalue weighted by atomic mass is 19.3. The van der Waals surface area contributed by atoms with E-state index in [4.69, 9.17) is 0 Å². The molecule has 0 atom stereocenters. The zero-order valence-electron chi connectivity index (χ0n) is 19.8. The van der Waals surface area contributed by atoms with E-state index in [9.17, 15) is 13.6 Å². The minimum absolute atomic E-state index is 0.0228. The Labute approximate surface area is 199 Å². The lowest BCUT2D eigenvalue weighted by Gasteiger charge is -2.27. The van der Waals surface area contributed by atoms with Gasteiger partial charge in [0.1, 0.15) is 5.78 Å². The van der Waals surface area contributed by atoms with Crippen molar-refractivity contribution >= 4 is 16.6 Å². The van der Waals surface area contributed by atoms with Crippen LogP contribution >= 0.6 is 0 Å². The number of carbonyl (C=O) groups excluding carboxylic acids is 1. The van der Waals surface area contributed by atoms with Gasteiger partial charge < -0.3 is 0 Å². The Morgan fingerprint density at radius 2 is 1.82 bits per heavy atom. The Kier molecular flexibility index (Phi) is 6.47. The Bertz CT molecular complexity index is 1170. The number of ketones is 1. The minimum Gasteiger partial charge on any atom is -0.299 e. The van der Waals surface area contributed by atoms with Gasteiger partial charge in [0, 0.05) is 61.6 Å². The molecule has 180 valence electrons. The molecule has 1 aliphatic carbocycles. The molecule has 5 rings (SSSR count). The molecule has 1 aromatic carbocycles. The SMILES string of the molecule is Cn1ncc(-c2ccc3cnc(CC(=O)C4CCC(F)(F)CC4)cc3c2)c1CN1CCCCC1. The minimum atomic E-state index is -2.62. The number of aryl methyl sites for hydroxylation is 1. The van der Waals surface area contributed by atoms with E-state index in [1.807, 2.05) is 24.0 Å². The van der Waals surface area contributed by atoms with Crippen molar-refractivity contribution in [1.29, 1.82) is 0 Å². The molecule has 0 N–H and O–H groups in total. The molecule has 1 saturated heterocycles. The average Bonchev–Trinajstić information content (AvgIpc) is 3.19. The van der Waals surface area contributed by atoms with E-state index in [1.165, 1.54) is 25.0 Å². The van der Waals surface area contributed by atoms with Crippen molar-refractivity contribution < 1.29 is 13.6 Å². The molecule has 2 fully saturated rings. The van der Waals surface area contributed by atoms with Gasteiger partial charge >= 0.3 is 0 Å². The van der Waals surface area contributed by atoms with Crippen molar-refractivity contribution in [2.24, 2.45) is 13.0 Å². The number of pyridine rings is 1. The van der Waals surface area contributed by atoms with Crippen LogP contribution in [0.15, 0.2) is 36.7 Å². The third kappa shape index (κ3) is 5.04. The molecular formula is C27H32F2N4O. The van der Waals surface area contributed by atoms with Crippen LogP contribution in [0.5, 0.6) is 0 Å². The monoisotopic (exact) mass is 466 g/mol. The number of likely N-dealkylation sites (tertiary alicyclic amines) is 1. The fourth-order valence-electron chi connectivity index (χ4n) is 5.36. The summed E-state index contributed by atoms with van der Waals surface area (Å²) in [7, 11) is 2.00. The second kappa shape index (κ2) is 9.53. The third-order valence-electron chi connectivity index (χ3n) is 7.50. The number of rotatable bonds is 6. The van der Waals surface area contributed by atoms with Gasteiger partial charge in [0.25, 0.3) is 0 Å². The number of carbonyl (C=O) groups is 1. The number of fused-ring (bicyclic) bond motifs is 1. The van der Waals surface area contributed by atoms with Gasteiger partial charge in [-0.3, -0.25) is 19.4 Å². The number of hydrogen-bond acceptors (Lipinski definition) is 4. The normalized spacial score (nSPS) is 19.5. The number of alkyl halides is 2. The molecule has 1 aliphatic heterocycles. The highest BCUT2D eigenvalue weighted by molar-refractivity contribution is 5.89. The number of benzene rings is 1. The lowest BCUT2D eigenvalue weighted by molar-refractivity contribution is -0.126. The summed E-state index contributed by atoms with van der Waals surface area (Å²) in [6.07, 6.45) is 7.90. The summed E-state index contributed by atoms with van der Waals surface area (Å²) in [5, 5.41) is 6.58. The molecule has 3 heterocycles. The summed E-state index contributed by atoms with van der Waals surface area (Å²) in [5.74, 6) is -2.88. The van der Waals surface area contributed by atoms with Crippen LogP contribution in [-0.4, -0.2) is 44.5 Å². The standard InChI is InChI=1S/C27H32F2N4O/c1-32-25(18-33-11-3-2-4-12-33)24(17-31-32)20-5-6-21-16-30-23(14-22(21)13-20)15-26(34)19-7-9-27(28,29)10-8-19/h5-6,13-14,16-17,19H,2-4,7-12,15,18H2,1H3. The van der Waals surface area contributed by atoms with Crippen molar-refractivity contribution in [2.45, 2.75) is 63.8 Å². The fraction of sp³-hybridized carbons (Fsp3) is 0.519. The molecule has 0 radical (unpaired) electrons. The van der Waals surface area contributed by atoms with Crippen LogP contribution < -0.4 is 0 Å². The number of Topliss-reactive ketones (excluding diaryl/α,β-unsaturated/α-hetero) is 1. The molecule has 0 unspecified atom stereocenters. The van der Waals surface area contributed by atoms with E-state index in [0.717, 1.165) is 41.5 Å². The highest BCUT2D eigenvalue weighted by Crippen LogP contribution is 2.37. The van der Waals surface area contributed by atoms with Crippen molar-refractivity contribution in [1.82, 2.24) is 19.7 Å². The van der Waals surface area contributed by atoms with Gasteiger partial charge in [-0.1, -0.05) is 18.6 Å². The van der Waals surface area contributed by atoms with Gasteiger partial charge in [-0.15, -0.1) is 0 Å². The smallest absolute Gasteiger partial charge is 0.248 e. The van der Waals surface area contributed by atoms with Gasteiger partial charge in [-0.2, -0.15) is 5.10 Å². The maximum atomic E-state index is 13.4. The summed E-state index contributed by atoms with van der Waals surface area (Å²) in [6.45, 7) is 3.15. The van der Waals surface area contributed by atoms with Crippen LogP contribution in [0.1, 0.15) is 56.3 Å². The predicted molar refractivity (Wildman–Crippen MR) is 129 cm³/mol. The van der Waals surface area contributed by atoms with Gasteiger partial charge in [-0.05, 0) is 61.9 Å². The lowest BCUT2D eigenvalue weighted by Crippen LogP contribution is -2.30. The number of aromatic nitrogens is 3. The molecule has 2 aliphatic rings. The Morgan fingerprint density at radius 1 is 1.06 bits per heavy atom. The quantitative estimate of drug-likeness (QED) is 0.477. The molecule has 7 heteroatoms. The second-order valence-corrected chi connectivity index (χ2v) is 9.98. The molecule has 5 nitrogen and oxygen atoms in total. The summed E-state index contributed by atoms with van der Waals surface area (Å²) in [5.41, 5.74) is 4.14. The van der Waals surface area contributed by atoms with E-state index in [1.54, 1.807) is 6.20 Å². The largest absolute Gasteiger partial charge is 0.299 e. The van der Waals surface area contributed by atoms with Gasteiger partial charge in [0.05, 0.1) is 11.9 Å². The first kappa shape index (κ1) is 23.1. The average molecular weight is 467 g/mol. The van der Waals surface area contributed by atoms with Crippen LogP contribution in [0.4, 0.5) is 8.78 Å². The number of nitrogens with zero attached hydrogens (tertiary/aromatic N) is 4. The van der Waals surface area contributed by atoms with Crippen LogP contribution in [-0.2, 0) is 24.8 Å². The molecule has 0 bridgehead atoms. The van der Waals surface area contributed by atoms with E-state index in [2.05, 4.69) is 33.2 Å². The number of piperidine rings is 1. The Morgan fingerprint density at radius 3 is 2.59 bits per heavy atom. The van der Waals surface area contributed by atoms with E-state index >= 15 is 0 Å².